The monoisotopic (exact) mass is 275 g/mol. The van der Waals surface area contributed by atoms with Gasteiger partial charge >= 0.3 is 0 Å². The average Bonchev–Trinajstić information content (AvgIpc) is 2.98. The average molecular weight is 275 g/mol. The van der Waals surface area contributed by atoms with E-state index in [0.717, 1.165) is 18.0 Å². The zero-order valence-electron chi connectivity index (χ0n) is 9.72. The molecule has 3 nitrogen and oxygen atoms in total. The molecule has 1 aromatic heterocycles. The van der Waals surface area contributed by atoms with Crippen LogP contribution >= 0.6 is 23.6 Å². The van der Waals surface area contributed by atoms with Crippen molar-refractivity contribution < 1.29 is 0 Å². The summed E-state index contributed by atoms with van der Waals surface area (Å²) in [5.74, 6) is 0. The Morgan fingerprint density at radius 3 is 2.67 bits per heavy atom. The standard InChI is InChI=1S/C13H13N3S2/c17-11(15-12-14-8-9-18-12)16-13(6-7-13)10-4-2-1-3-5-10/h1-5,8-9H,6-7H2,(H2,14,15,16,17). The Morgan fingerprint density at radius 1 is 1.28 bits per heavy atom. The summed E-state index contributed by atoms with van der Waals surface area (Å²) < 4.78 is 0. The third kappa shape index (κ3) is 2.37. The van der Waals surface area contributed by atoms with Crippen molar-refractivity contribution in [3.63, 3.8) is 0 Å². The van der Waals surface area contributed by atoms with Crippen LogP contribution in [0.2, 0.25) is 0 Å². The van der Waals surface area contributed by atoms with Crippen LogP contribution in [0, 0.1) is 0 Å². The number of hydrogen-bond acceptors (Lipinski definition) is 3. The number of rotatable bonds is 3. The molecule has 3 rings (SSSR count). The molecule has 1 heterocycles. The SMILES string of the molecule is S=C(Nc1nccs1)NC1(c2ccccc2)CC1. The fourth-order valence-electron chi connectivity index (χ4n) is 2.00. The second-order valence-corrected chi connectivity index (χ2v) is 5.67. The fraction of sp³-hybridized carbons (Fsp3) is 0.231. The van der Waals surface area contributed by atoms with E-state index >= 15 is 0 Å². The molecule has 1 fully saturated rings. The van der Waals surface area contributed by atoms with Gasteiger partial charge in [0.25, 0.3) is 0 Å². The first-order chi connectivity index (χ1) is 8.78. The smallest absolute Gasteiger partial charge is 0.188 e. The minimum Gasteiger partial charge on any atom is -0.353 e. The summed E-state index contributed by atoms with van der Waals surface area (Å²) in [5.41, 5.74) is 1.33. The van der Waals surface area contributed by atoms with Crippen molar-refractivity contribution in [1.82, 2.24) is 10.3 Å². The van der Waals surface area contributed by atoms with E-state index in [1.54, 1.807) is 17.5 Å². The summed E-state index contributed by atoms with van der Waals surface area (Å²) in [5, 5.41) is 9.92. The summed E-state index contributed by atoms with van der Waals surface area (Å²) in [6.07, 6.45) is 4.01. The molecule has 18 heavy (non-hydrogen) atoms. The molecular formula is C13H13N3S2. The molecule has 1 saturated carbocycles. The largest absolute Gasteiger partial charge is 0.353 e. The van der Waals surface area contributed by atoms with Crippen molar-refractivity contribution in [2.24, 2.45) is 0 Å². The lowest BCUT2D eigenvalue weighted by atomic mass is 10.1. The molecule has 1 aromatic carbocycles. The summed E-state index contributed by atoms with van der Waals surface area (Å²) in [6.45, 7) is 0. The van der Waals surface area contributed by atoms with Crippen molar-refractivity contribution in [1.29, 1.82) is 0 Å². The molecule has 0 amide bonds. The van der Waals surface area contributed by atoms with E-state index in [9.17, 15) is 0 Å². The molecule has 0 bridgehead atoms. The quantitative estimate of drug-likeness (QED) is 0.844. The van der Waals surface area contributed by atoms with Gasteiger partial charge in [-0.1, -0.05) is 30.3 Å². The molecule has 2 aromatic rings. The van der Waals surface area contributed by atoms with Crippen LogP contribution in [-0.4, -0.2) is 10.1 Å². The minimum absolute atomic E-state index is 0.0304. The second-order valence-electron chi connectivity index (χ2n) is 4.36. The van der Waals surface area contributed by atoms with Crippen molar-refractivity contribution >= 4 is 33.8 Å². The van der Waals surface area contributed by atoms with E-state index < -0.39 is 0 Å². The molecule has 1 aliphatic rings. The fourth-order valence-corrected chi connectivity index (χ4v) is 2.89. The maximum atomic E-state index is 5.33. The van der Waals surface area contributed by atoms with E-state index in [1.165, 1.54) is 5.56 Å². The van der Waals surface area contributed by atoms with Crippen molar-refractivity contribution in [3.05, 3.63) is 47.5 Å². The molecule has 0 saturated heterocycles. The molecular weight excluding hydrogens is 262 g/mol. The van der Waals surface area contributed by atoms with Gasteiger partial charge in [0.2, 0.25) is 0 Å². The van der Waals surface area contributed by atoms with Gasteiger partial charge in [-0.05, 0) is 30.6 Å². The topological polar surface area (TPSA) is 37.0 Å². The van der Waals surface area contributed by atoms with Gasteiger partial charge in [-0.3, -0.25) is 0 Å². The Balaban J connectivity index is 1.68. The molecule has 0 spiro atoms. The predicted octanol–water partition coefficient (Wildman–Crippen LogP) is 3.12. The van der Waals surface area contributed by atoms with Crippen LogP contribution in [0.15, 0.2) is 41.9 Å². The van der Waals surface area contributed by atoms with Crippen LogP contribution in [-0.2, 0) is 5.54 Å². The zero-order chi connectivity index (χ0) is 12.4. The van der Waals surface area contributed by atoms with E-state index in [4.69, 9.17) is 12.2 Å². The van der Waals surface area contributed by atoms with E-state index in [-0.39, 0.29) is 5.54 Å². The molecule has 1 aliphatic carbocycles. The van der Waals surface area contributed by atoms with E-state index in [0.29, 0.717) is 5.11 Å². The Morgan fingerprint density at radius 2 is 2.06 bits per heavy atom. The van der Waals surface area contributed by atoms with Crippen LogP contribution < -0.4 is 10.6 Å². The number of benzene rings is 1. The van der Waals surface area contributed by atoms with E-state index in [2.05, 4.69) is 39.9 Å². The maximum absolute atomic E-state index is 5.33. The lowest BCUT2D eigenvalue weighted by Crippen LogP contribution is -2.37. The van der Waals surface area contributed by atoms with Gasteiger partial charge in [0.05, 0.1) is 5.54 Å². The van der Waals surface area contributed by atoms with Crippen LogP contribution in [0.3, 0.4) is 0 Å². The first-order valence-electron chi connectivity index (χ1n) is 5.83. The van der Waals surface area contributed by atoms with Gasteiger partial charge in [0, 0.05) is 11.6 Å². The number of nitrogens with one attached hydrogen (secondary N) is 2. The first-order valence-corrected chi connectivity index (χ1v) is 7.11. The highest BCUT2D eigenvalue weighted by atomic mass is 32.1. The Kier molecular flexibility index (Phi) is 3.01. The summed E-state index contributed by atoms with van der Waals surface area (Å²) >= 11 is 6.88. The van der Waals surface area contributed by atoms with Gasteiger partial charge in [-0.2, -0.15) is 0 Å². The third-order valence-corrected chi connectivity index (χ3v) is 3.97. The highest BCUT2D eigenvalue weighted by molar-refractivity contribution is 7.80. The highest BCUT2D eigenvalue weighted by Gasteiger charge is 2.44. The molecule has 5 heteroatoms. The number of aromatic nitrogens is 1. The predicted molar refractivity (Wildman–Crippen MR) is 78.8 cm³/mol. The summed E-state index contributed by atoms with van der Waals surface area (Å²) in [6, 6.07) is 10.5. The first kappa shape index (κ1) is 11.6. The van der Waals surface area contributed by atoms with E-state index in [1.807, 2.05) is 11.4 Å². The lowest BCUT2D eigenvalue weighted by Gasteiger charge is -2.19. The Hall–Kier alpha value is -1.46. The second kappa shape index (κ2) is 4.66. The zero-order valence-corrected chi connectivity index (χ0v) is 11.4. The normalized spacial score (nSPS) is 16.0. The van der Waals surface area contributed by atoms with Gasteiger partial charge in [-0.15, -0.1) is 11.3 Å². The third-order valence-electron chi connectivity index (χ3n) is 3.08. The molecule has 92 valence electrons. The Labute approximate surface area is 115 Å². The molecule has 0 radical (unpaired) electrons. The number of nitrogens with zero attached hydrogens (tertiary/aromatic N) is 1. The summed E-state index contributed by atoms with van der Waals surface area (Å²) in [7, 11) is 0. The van der Waals surface area contributed by atoms with Crippen molar-refractivity contribution in [2.45, 2.75) is 18.4 Å². The number of thiocarbonyl (C=S) groups is 1. The molecule has 0 atom stereocenters. The number of anilines is 1. The van der Waals surface area contributed by atoms with Gasteiger partial charge in [-0.25, -0.2) is 4.98 Å². The van der Waals surface area contributed by atoms with Crippen LogP contribution in [0.1, 0.15) is 18.4 Å². The minimum atomic E-state index is 0.0304. The van der Waals surface area contributed by atoms with Crippen LogP contribution in [0.4, 0.5) is 5.13 Å². The molecule has 0 aliphatic heterocycles. The molecule has 0 unspecified atom stereocenters. The van der Waals surface area contributed by atoms with Crippen molar-refractivity contribution in [3.8, 4) is 0 Å². The Bertz CT molecular complexity index is 533. The highest BCUT2D eigenvalue weighted by Crippen LogP contribution is 2.45. The number of thiazole rings is 1. The number of hydrogen-bond donors (Lipinski definition) is 2. The summed E-state index contributed by atoms with van der Waals surface area (Å²) in [4.78, 5) is 4.16. The van der Waals surface area contributed by atoms with Crippen molar-refractivity contribution in [2.75, 3.05) is 5.32 Å². The van der Waals surface area contributed by atoms with Gasteiger partial charge in [0.15, 0.2) is 10.2 Å². The molecule has 2 N–H and O–H groups in total. The van der Waals surface area contributed by atoms with Gasteiger partial charge in [0.1, 0.15) is 0 Å². The van der Waals surface area contributed by atoms with Crippen LogP contribution in [0.5, 0.6) is 0 Å². The van der Waals surface area contributed by atoms with Crippen LogP contribution in [0.25, 0.3) is 0 Å². The lowest BCUT2D eigenvalue weighted by molar-refractivity contribution is 0.649. The van der Waals surface area contributed by atoms with Gasteiger partial charge < -0.3 is 10.6 Å². The maximum Gasteiger partial charge on any atom is 0.188 e.